The lowest BCUT2D eigenvalue weighted by Crippen LogP contribution is -2.21. The molecule has 0 aliphatic carbocycles. The van der Waals surface area contributed by atoms with Crippen molar-refractivity contribution in [1.82, 2.24) is 0 Å². The molecule has 0 radical (unpaired) electrons. The van der Waals surface area contributed by atoms with E-state index in [4.69, 9.17) is 10.5 Å². The van der Waals surface area contributed by atoms with Gasteiger partial charge < -0.3 is 10.5 Å². The number of methoxy groups -OCH3 is 1. The minimum Gasteiger partial charge on any atom is -0.496 e. The molecule has 0 amide bonds. The van der Waals surface area contributed by atoms with Gasteiger partial charge in [-0.15, -0.1) is 0 Å². The minimum absolute atomic E-state index is 0.0537. The number of nitrogens with two attached hydrogens (primary N) is 1. The maximum Gasteiger partial charge on any atom is 0.124 e. The van der Waals surface area contributed by atoms with Gasteiger partial charge in [-0.05, 0) is 18.1 Å². The summed E-state index contributed by atoms with van der Waals surface area (Å²) < 4.78 is 6.39. The van der Waals surface area contributed by atoms with Crippen molar-refractivity contribution in [3.05, 3.63) is 28.2 Å². The second-order valence-corrected chi connectivity index (χ2v) is 4.90. The van der Waals surface area contributed by atoms with E-state index in [9.17, 15) is 0 Å². The van der Waals surface area contributed by atoms with E-state index in [2.05, 4.69) is 29.8 Å². The van der Waals surface area contributed by atoms with Crippen molar-refractivity contribution in [1.29, 1.82) is 0 Å². The smallest absolute Gasteiger partial charge is 0.124 e. The Morgan fingerprint density at radius 3 is 2.44 bits per heavy atom. The van der Waals surface area contributed by atoms with Crippen LogP contribution in [0.3, 0.4) is 0 Å². The van der Waals surface area contributed by atoms with Crippen LogP contribution in [0, 0.1) is 5.92 Å². The number of benzene rings is 1. The topological polar surface area (TPSA) is 35.2 Å². The molecule has 0 spiro atoms. The fourth-order valence-electron chi connectivity index (χ4n) is 2.01. The van der Waals surface area contributed by atoms with Crippen molar-refractivity contribution >= 4 is 15.9 Å². The van der Waals surface area contributed by atoms with Crippen molar-refractivity contribution in [2.24, 2.45) is 11.7 Å². The van der Waals surface area contributed by atoms with Gasteiger partial charge in [0, 0.05) is 16.1 Å². The molecule has 2 N–H and O–H groups in total. The first-order valence-electron chi connectivity index (χ1n) is 5.73. The molecule has 0 fully saturated rings. The first kappa shape index (κ1) is 13.5. The molecular weight excluding hydrogens is 266 g/mol. The number of rotatable bonds is 5. The monoisotopic (exact) mass is 285 g/mol. The molecule has 1 rings (SSSR count). The van der Waals surface area contributed by atoms with Crippen LogP contribution in [0.1, 0.15) is 38.3 Å². The molecule has 0 aromatic heterocycles. The molecule has 0 saturated heterocycles. The number of hydrogen-bond donors (Lipinski definition) is 1. The van der Waals surface area contributed by atoms with Crippen molar-refractivity contribution in [3.8, 4) is 5.75 Å². The van der Waals surface area contributed by atoms with Crippen LogP contribution in [-0.4, -0.2) is 7.11 Å². The van der Waals surface area contributed by atoms with Crippen LogP contribution in [0.5, 0.6) is 5.75 Å². The van der Waals surface area contributed by atoms with Crippen LogP contribution in [0.4, 0.5) is 0 Å². The maximum atomic E-state index is 6.29. The summed E-state index contributed by atoms with van der Waals surface area (Å²) in [5.74, 6) is 1.38. The van der Waals surface area contributed by atoms with Gasteiger partial charge in [-0.3, -0.25) is 0 Å². The first-order chi connectivity index (χ1) is 7.63. The standard InChI is InChI=1S/C13H20BrNO/c1-4-9(5-2)13(15)11-7-6-10(14)8-12(11)16-3/h6-9,13H,4-5,15H2,1-3H3. The zero-order chi connectivity index (χ0) is 12.1. The van der Waals surface area contributed by atoms with Gasteiger partial charge in [-0.1, -0.05) is 48.7 Å². The molecule has 90 valence electrons. The lowest BCUT2D eigenvalue weighted by atomic mass is 9.89. The molecule has 0 aliphatic rings. The highest BCUT2D eigenvalue weighted by Gasteiger charge is 2.19. The van der Waals surface area contributed by atoms with Gasteiger partial charge in [0.2, 0.25) is 0 Å². The van der Waals surface area contributed by atoms with Crippen LogP contribution >= 0.6 is 15.9 Å². The van der Waals surface area contributed by atoms with E-state index in [1.807, 2.05) is 18.2 Å². The average Bonchev–Trinajstić information content (AvgIpc) is 2.30. The molecule has 1 aromatic carbocycles. The normalized spacial score (nSPS) is 12.9. The minimum atomic E-state index is 0.0537. The Bertz CT molecular complexity index is 337. The second kappa shape index (κ2) is 6.26. The van der Waals surface area contributed by atoms with Crippen LogP contribution in [0.25, 0.3) is 0 Å². The summed E-state index contributed by atoms with van der Waals surface area (Å²) in [5, 5.41) is 0. The molecule has 0 heterocycles. The summed E-state index contributed by atoms with van der Waals surface area (Å²) in [5.41, 5.74) is 7.39. The molecule has 1 aromatic rings. The highest BCUT2D eigenvalue weighted by Crippen LogP contribution is 2.33. The third kappa shape index (κ3) is 2.98. The Balaban J connectivity index is 3.02. The third-order valence-electron chi connectivity index (χ3n) is 3.11. The zero-order valence-corrected chi connectivity index (χ0v) is 11.8. The van der Waals surface area contributed by atoms with Crippen molar-refractivity contribution < 1.29 is 4.74 Å². The Kier molecular flexibility index (Phi) is 5.29. The summed E-state index contributed by atoms with van der Waals surface area (Å²) in [7, 11) is 1.69. The average molecular weight is 286 g/mol. The molecule has 16 heavy (non-hydrogen) atoms. The highest BCUT2D eigenvalue weighted by molar-refractivity contribution is 9.10. The second-order valence-electron chi connectivity index (χ2n) is 3.99. The molecule has 2 nitrogen and oxygen atoms in total. The molecule has 3 heteroatoms. The van der Waals surface area contributed by atoms with Crippen molar-refractivity contribution in [3.63, 3.8) is 0 Å². The van der Waals surface area contributed by atoms with E-state index in [0.717, 1.165) is 28.6 Å². The van der Waals surface area contributed by atoms with Gasteiger partial charge in [0.25, 0.3) is 0 Å². The summed E-state index contributed by atoms with van der Waals surface area (Å²) in [6.45, 7) is 4.36. The number of ether oxygens (including phenoxy) is 1. The maximum absolute atomic E-state index is 6.29. The number of hydrogen-bond acceptors (Lipinski definition) is 2. The predicted molar refractivity (Wildman–Crippen MR) is 71.7 cm³/mol. The molecular formula is C13H20BrNO. The summed E-state index contributed by atoms with van der Waals surface area (Å²) in [6, 6.07) is 6.09. The quantitative estimate of drug-likeness (QED) is 0.891. The lowest BCUT2D eigenvalue weighted by molar-refractivity contribution is 0.371. The van der Waals surface area contributed by atoms with Crippen LogP contribution < -0.4 is 10.5 Å². The Morgan fingerprint density at radius 2 is 1.94 bits per heavy atom. The Morgan fingerprint density at radius 1 is 1.31 bits per heavy atom. The van der Waals surface area contributed by atoms with Gasteiger partial charge in [-0.2, -0.15) is 0 Å². The van der Waals surface area contributed by atoms with Gasteiger partial charge in [0.05, 0.1) is 7.11 Å². The summed E-state index contributed by atoms with van der Waals surface area (Å²) >= 11 is 3.44. The summed E-state index contributed by atoms with van der Waals surface area (Å²) in [4.78, 5) is 0. The van der Waals surface area contributed by atoms with Gasteiger partial charge in [0.1, 0.15) is 5.75 Å². The van der Waals surface area contributed by atoms with E-state index in [1.54, 1.807) is 7.11 Å². The SMILES string of the molecule is CCC(CC)C(N)c1ccc(Br)cc1OC. The fraction of sp³-hybridized carbons (Fsp3) is 0.538. The van der Waals surface area contributed by atoms with Gasteiger partial charge in [-0.25, -0.2) is 0 Å². The molecule has 1 atom stereocenters. The first-order valence-corrected chi connectivity index (χ1v) is 6.52. The summed E-state index contributed by atoms with van der Waals surface area (Å²) in [6.07, 6.45) is 2.19. The van der Waals surface area contributed by atoms with Crippen LogP contribution in [0.15, 0.2) is 22.7 Å². The van der Waals surface area contributed by atoms with E-state index >= 15 is 0 Å². The highest BCUT2D eigenvalue weighted by atomic mass is 79.9. The van der Waals surface area contributed by atoms with E-state index in [0.29, 0.717) is 5.92 Å². The third-order valence-corrected chi connectivity index (χ3v) is 3.60. The van der Waals surface area contributed by atoms with Crippen LogP contribution in [-0.2, 0) is 0 Å². The predicted octanol–water partition coefficient (Wildman–Crippen LogP) is 3.89. The molecule has 0 saturated carbocycles. The number of halogens is 1. The van der Waals surface area contributed by atoms with Gasteiger partial charge in [0.15, 0.2) is 0 Å². The Labute approximate surface area is 106 Å². The molecule has 0 aliphatic heterocycles. The molecule has 1 unspecified atom stereocenters. The Hall–Kier alpha value is -0.540. The van der Waals surface area contributed by atoms with Crippen molar-refractivity contribution in [2.45, 2.75) is 32.7 Å². The lowest BCUT2D eigenvalue weighted by Gasteiger charge is -2.23. The largest absolute Gasteiger partial charge is 0.496 e. The zero-order valence-electron chi connectivity index (χ0n) is 10.2. The van der Waals surface area contributed by atoms with E-state index < -0.39 is 0 Å². The fourth-order valence-corrected chi connectivity index (χ4v) is 2.35. The van der Waals surface area contributed by atoms with E-state index in [-0.39, 0.29) is 6.04 Å². The molecule has 0 bridgehead atoms. The van der Waals surface area contributed by atoms with Gasteiger partial charge >= 0.3 is 0 Å². The van der Waals surface area contributed by atoms with E-state index in [1.165, 1.54) is 0 Å². The van der Waals surface area contributed by atoms with Crippen molar-refractivity contribution in [2.75, 3.05) is 7.11 Å². The van der Waals surface area contributed by atoms with Crippen LogP contribution in [0.2, 0.25) is 0 Å².